The van der Waals surface area contributed by atoms with Gasteiger partial charge in [-0.15, -0.1) is 11.3 Å². The molecule has 5 nitrogen and oxygen atoms in total. The maximum absolute atomic E-state index is 12.8. The third-order valence-corrected chi connectivity index (χ3v) is 6.19. The molecule has 2 aliphatic heterocycles. The highest BCUT2D eigenvalue weighted by Crippen LogP contribution is 2.27. The molecule has 1 fully saturated rings. The number of aromatic amines is 1. The molecule has 2 aliphatic rings. The van der Waals surface area contributed by atoms with Crippen LogP contribution in [0.4, 0.5) is 0 Å². The van der Waals surface area contributed by atoms with Crippen LogP contribution >= 0.6 is 11.3 Å². The van der Waals surface area contributed by atoms with Crippen LogP contribution in [0.25, 0.3) is 0 Å². The minimum Gasteiger partial charge on any atom is -0.341 e. The maximum atomic E-state index is 12.8. The van der Waals surface area contributed by atoms with Crippen LogP contribution in [-0.2, 0) is 17.8 Å². The highest BCUT2D eigenvalue weighted by atomic mass is 32.1. The lowest BCUT2D eigenvalue weighted by atomic mass is 9.94. The number of hydrogen-bond donors (Lipinski definition) is 1. The van der Waals surface area contributed by atoms with E-state index < -0.39 is 0 Å². The van der Waals surface area contributed by atoms with Gasteiger partial charge in [-0.25, -0.2) is 0 Å². The van der Waals surface area contributed by atoms with Gasteiger partial charge in [0.05, 0.1) is 12.2 Å². The second-order valence-electron chi connectivity index (χ2n) is 6.98. The van der Waals surface area contributed by atoms with Gasteiger partial charge in [0.2, 0.25) is 5.91 Å². The molecule has 1 N–H and O–H groups in total. The van der Waals surface area contributed by atoms with Crippen LogP contribution in [0, 0.1) is 6.92 Å². The van der Waals surface area contributed by atoms with Gasteiger partial charge >= 0.3 is 0 Å². The van der Waals surface area contributed by atoms with Crippen LogP contribution in [0.2, 0.25) is 0 Å². The summed E-state index contributed by atoms with van der Waals surface area (Å²) in [6.07, 6.45) is 3.27. The number of carbonyl (C=O) groups excluding carboxylic acids is 1. The Morgan fingerprint density at radius 2 is 2.38 bits per heavy atom. The van der Waals surface area contributed by atoms with Crippen molar-refractivity contribution in [2.75, 3.05) is 26.2 Å². The zero-order chi connectivity index (χ0) is 16.5. The smallest absolute Gasteiger partial charge is 0.236 e. The number of nitrogens with zero attached hydrogens (tertiary/aromatic N) is 3. The van der Waals surface area contributed by atoms with Gasteiger partial charge in [-0.2, -0.15) is 5.10 Å². The van der Waals surface area contributed by atoms with Gasteiger partial charge in [-0.3, -0.25) is 14.8 Å². The third kappa shape index (κ3) is 3.26. The van der Waals surface area contributed by atoms with Crippen LogP contribution < -0.4 is 0 Å². The summed E-state index contributed by atoms with van der Waals surface area (Å²) < 4.78 is 0. The van der Waals surface area contributed by atoms with Gasteiger partial charge in [0, 0.05) is 42.7 Å². The van der Waals surface area contributed by atoms with Crippen LogP contribution in [0.5, 0.6) is 0 Å². The lowest BCUT2D eigenvalue weighted by Gasteiger charge is -2.34. The molecule has 1 amide bonds. The Morgan fingerprint density at radius 3 is 3.21 bits per heavy atom. The Bertz CT molecular complexity index is 722. The van der Waals surface area contributed by atoms with Crippen molar-refractivity contribution in [1.82, 2.24) is 20.0 Å². The number of aryl methyl sites for hydroxylation is 1. The SMILES string of the molecule is Cc1cc([C@@H]2CCCN(C(=O)CN3CCc4sccc4C3)C2)n[nH]1. The lowest BCUT2D eigenvalue weighted by Crippen LogP contribution is -2.45. The molecule has 0 saturated carbocycles. The number of rotatable bonds is 3. The summed E-state index contributed by atoms with van der Waals surface area (Å²) in [7, 11) is 0. The first-order valence-corrected chi connectivity index (χ1v) is 9.64. The van der Waals surface area contributed by atoms with E-state index in [-0.39, 0.29) is 5.91 Å². The molecular weight excluding hydrogens is 320 g/mol. The zero-order valence-electron chi connectivity index (χ0n) is 14.1. The van der Waals surface area contributed by atoms with Crippen molar-refractivity contribution in [3.8, 4) is 0 Å². The molecule has 6 heteroatoms. The number of likely N-dealkylation sites (tertiary alicyclic amines) is 1. The quantitative estimate of drug-likeness (QED) is 0.931. The van der Waals surface area contributed by atoms with Crippen LogP contribution in [-0.4, -0.2) is 52.1 Å². The topological polar surface area (TPSA) is 52.2 Å². The molecule has 0 aliphatic carbocycles. The molecular formula is C18H24N4OS. The van der Waals surface area contributed by atoms with Crippen molar-refractivity contribution in [1.29, 1.82) is 0 Å². The largest absolute Gasteiger partial charge is 0.341 e. The predicted molar refractivity (Wildman–Crippen MR) is 95.2 cm³/mol. The van der Waals surface area contributed by atoms with E-state index in [4.69, 9.17) is 0 Å². The number of thiophene rings is 1. The number of hydrogen-bond acceptors (Lipinski definition) is 4. The summed E-state index contributed by atoms with van der Waals surface area (Å²) in [5.74, 6) is 0.642. The van der Waals surface area contributed by atoms with Crippen LogP contribution in [0.15, 0.2) is 17.5 Å². The Kier molecular flexibility index (Phi) is 4.41. The first-order chi connectivity index (χ1) is 11.7. The maximum Gasteiger partial charge on any atom is 0.236 e. The normalized spacial score (nSPS) is 21.7. The monoisotopic (exact) mass is 344 g/mol. The lowest BCUT2D eigenvalue weighted by molar-refractivity contribution is -0.133. The Morgan fingerprint density at radius 1 is 1.46 bits per heavy atom. The highest BCUT2D eigenvalue weighted by Gasteiger charge is 2.28. The number of piperidine rings is 1. The molecule has 0 radical (unpaired) electrons. The minimum atomic E-state index is 0.269. The molecule has 1 atom stereocenters. The summed E-state index contributed by atoms with van der Waals surface area (Å²) in [6, 6.07) is 4.31. The number of amides is 1. The van der Waals surface area contributed by atoms with Gasteiger partial charge in [0.25, 0.3) is 0 Å². The summed E-state index contributed by atoms with van der Waals surface area (Å²) in [6.45, 7) is 6.17. The number of nitrogens with one attached hydrogen (secondary N) is 1. The fraction of sp³-hybridized carbons (Fsp3) is 0.556. The number of aromatic nitrogens is 2. The number of H-pyrrole nitrogens is 1. The first kappa shape index (κ1) is 15.8. The van der Waals surface area contributed by atoms with Crippen LogP contribution in [0.1, 0.15) is 40.6 Å². The molecule has 0 unspecified atom stereocenters. The molecule has 4 rings (SSSR count). The Hall–Kier alpha value is -1.66. The molecule has 0 spiro atoms. The fourth-order valence-corrected chi connectivity index (χ4v) is 4.72. The second kappa shape index (κ2) is 6.69. The second-order valence-corrected chi connectivity index (χ2v) is 7.99. The van der Waals surface area contributed by atoms with Crippen molar-refractivity contribution in [3.63, 3.8) is 0 Å². The van der Waals surface area contributed by atoms with E-state index >= 15 is 0 Å². The summed E-state index contributed by atoms with van der Waals surface area (Å²) in [5, 5.41) is 9.58. The molecule has 0 aromatic carbocycles. The summed E-state index contributed by atoms with van der Waals surface area (Å²) in [5.41, 5.74) is 3.60. The molecule has 128 valence electrons. The Labute approximate surface area is 146 Å². The van der Waals surface area contributed by atoms with Crippen molar-refractivity contribution < 1.29 is 4.79 Å². The molecule has 1 saturated heterocycles. The van der Waals surface area contributed by atoms with Crippen molar-refractivity contribution in [3.05, 3.63) is 39.3 Å². The highest BCUT2D eigenvalue weighted by molar-refractivity contribution is 7.10. The average Bonchev–Trinajstić information content (AvgIpc) is 3.23. The molecule has 2 aromatic heterocycles. The van der Waals surface area contributed by atoms with Crippen molar-refractivity contribution >= 4 is 17.2 Å². The van der Waals surface area contributed by atoms with E-state index in [0.717, 1.165) is 56.8 Å². The van der Waals surface area contributed by atoms with E-state index in [0.29, 0.717) is 12.5 Å². The van der Waals surface area contributed by atoms with Crippen LogP contribution in [0.3, 0.4) is 0 Å². The molecule has 24 heavy (non-hydrogen) atoms. The van der Waals surface area contributed by atoms with Crippen molar-refractivity contribution in [2.24, 2.45) is 0 Å². The Balaban J connectivity index is 1.36. The van der Waals surface area contributed by atoms with E-state index in [9.17, 15) is 4.79 Å². The van der Waals surface area contributed by atoms with E-state index in [2.05, 4.69) is 32.6 Å². The van der Waals surface area contributed by atoms with Gasteiger partial charge < -0.3 is 4.90 Å². The van der Waals surface area contributed by atoms with Crippen molar-refractivity contribution in [2.45, 2.75) is 38.6 Å². The summed E-state index contributed by atoms with van der Waals surface area (Å²) >= 11 is 1.84. The molecule has 0 bridgehead atoms. The molecule has 4 heterocycles. The molecule has 2 aromatic rings. The van der Waals surface area contributed by atoms with Gasteiger partial charge in [0.15, 0.2) is 0 Å². The van der Waals surface area contributed by atoms with Gasteiger partial charge in [-0.1, -0.05) is 0 Å². The van der Waals surface area contributed by atoms with E-state index in [1.54, 1.807) is 0 Å². The fourth-order valence-electron chi connectivity index (χ4n) is 3.83. The average molecular weight is 344 g/mol. The predicted octanol–water partition coefficient (Wildman–Crippen LogP) is 2.54. The summed E-state index contributed by atoms with van der Waals surface area (Å²) in [4.78, 5) is 18.6. The van der Waals surface area contributed by atoms with Gasteiger partial charge in [-0.05, 0) is 49.3 Å². The van der Waals surface area contributed by atoms with E-state index in [1.807, 2.05) is 23.2 Å². The first-order valence-electron chi connectivity index (χ1n) is 8.76. The van der Waals surface area contributed by atoms with Gasteiger partial charge in [0.1, 0.15) is 0 Å². The number of carbonyl (C=O) groups is 1. The standard InChI is InChI=1S/C18H24N4OS/c1-13-9-16(20-19-13)14-3-2-6-22(11-14)18(23)12-21-7-4-17-15(10-21)5-8-24-17/h5,8-9,14H,2-4,6-7,10-12H2,1H3,(H,19,20)/t14-/m1/s1. The zero-order valence-corrected chi connectivity index (χ0v) is 14.9. The number of fused-ring (bicyclic) bond motifs is 1. The minimum absolute atomic E-state index is 0.269. The third-order valence-electron chi connectivity index (χ3n) is 5.16. The van der Waals surface area contributed by atoms with E-state index in [1.165, 1.54) is 10.4 Å².